The maximum atomic E-state index is 5.61. The van der Waals surface area contributed by atoms with E-state index >= 15 is 0 Å². The van der Waals surface area contributed by atoms with Crippen LogP contribution >= 0.6 is 0 Å². The second-order valence-corrected chi connectivity index (χ2v) is 4.53. The summed E-state index contributed by atoms with van der Waals surface area (Å²) in [5, 5.41) is 3.98. The van der Waals surface area contributed by atoms with Crippen LogP contribution in [0.3, 0.4) is 0 Å². The van der Waals surface area contributed by atoms with Crippen molar-refractivity contribution < 1.29 is 9.26 Å². The highest BCUT2D eigenvalue weighted by Crippen LogP contribution is 2.37. The molecule has 1 aromatic heterocycles. The number of rotatable bonds is 3. The minimum absolute atomic E-state index is 0.0347. The zero-order chi connectivity index (χ0) is 12.5. The predicted molar refractivity (Wildman–Crippen MR) is 65.5 cm³/mol. The lowest BCUT2D eigenvalue weighted by Gasteiger charge is -2.02. The summed E-state index contributed by atoms with van der Waals surface area (Å²) in [6.45, 7) is 3.04. The topological polar surface area (TPSA) is 74.2 Å². The van der Waals surface area contributed by atoms with Gasteiger partial charge in [-0.2, -0.15) is 4.98 Å². The Morgan fingerprint density at radius 3 is 3.11 bits per heavy atom. The molecule has 2 heterocycles. The molecule has 1 aromatic carbocycles. The summed E-state index contributed by atoms with van der Waals surface area (Å²) in [5.74, 6) is 2.31. The molecule has 2 aromatic rings. The average molecular weight is 245 g/mol. The second-order valence-electron chi connectivity index (χ2n) is 4.53. The smallest absolute Gasteiger partial charge is 0.237 e. The number of nitrogens with zero attached hydrogens (tertiary/aromatic N) is 2. The van der Waals surface area contributed by atoms with Gasteiger partial charge in [0, 0.05) is 18.0 Å². The molecule has 0 aliphatic carbocycles. The third-order valence-electron chi connectivity index (χ3n) is 3.25. The van der Waals surface area contributed by atoms with Crippen molar-refractivity contribution in [1.82, 2.24) is 10.1 Å². The zero-order valence-electron chi connectivity index (χ0n) is 10.2. The van der Waals surface area contributed by atoms with Gasteiger partial charge < -0.3 is 15.0 Å². The third-order valence-corrected chi connectivity index (χ3v) is 3.25. The molecule has 18 heavy (non-hydrogen) atoms. The standard InChI is InChI=1S/C13H15N3O2/c1-8(6-14)12-15-13(18-16-12)10-7-17-11-5-3-2-4-9(10)11/h2-5,8,10H,6-7,14H2,1H3. The molecule has 2 N–H and O–H groups in total. The molecule has 5 nitrogen and oxygen atoms in total. The van der Waals surface area contributed by atoms with Crippen LogP contribution in [0.5, 0.6) is 5.75 Å². The summed E-state index contributed by atoms with van der Waals surface area (Å²) in [7, 11) is 0. The number of benzene rings is 1. The molecule has 0 fully saturated rings. The monoisotopic (exact) mass is 245 g/mol. The van der Waals surface area contributed by atoms with E-state index in [9.17, 15) is 0 Å². The van der Waals surface area contributed by atoms with Crippen molar-refractivity contribution in [3.8, 4) is 5.75 Å². The summed E-state index contributed by atoms with van der Waals surface area (Å²) in [6, 6.07) is 7.93. The Morgan fingerprint density at radius 1 is 1.44 bits per heavy atom. The van der Waals surface area contributed by atoms with Crippen LogP contribution in [-0.2, 0) is 0 Å². The summed E-state index contributed by atoms with van der Waals surface area (Å²) in [6.07, 6.45) is 0. The number of para-hydroxylation sites is 1. The van der Waals surface area contributed by atoms with Crippen LogP contribution in [0.2, 0.25) is 0 Å². The Bertz CT molecular complexity index is 553. The van der Waals surface area contributed by atoms with Gasteiger partial charge in [0.25, 0.3) is 0 Å². The molecule has 0 amide bonds. The lowest BCUT2D eigenvalue weighted by Crippen LogP contribution is -2.10. The van der Waals surface area contributed by atoms with Crippen molar-refractivity contribution in [3.63, 3.8) is 0 Å². The highest BCUT2D eigenvalue weighted by molar-refractivity contribution is 5.42. The normalized spacial score (nSPS) is 19.3. The zero-order valence-corrected chi connectivity index (χ0v) is 10.2. The fourth-order valence-electron chi connectivity index (χ4n) is 2.06. The Hall–Kier alpha value is -1.88. The first kappa shape index (κ1) is 11.2. The van der Waals surface area contributed by atoms with Crippen molar-refractivity contribution in [3.05, 3.63) is 41.5 Å². The number of ether oxygens (including phenoxy) is 1. The molecule has 2 unspecified atom stereocenters. The molecule has 94 valence electrons. The predicted octanol–water partition coefficient (Wildman–Crippen LogP) is 1.66. The fourth-order valence-corrected chi connectivity index (χ4v) is 2.06. The van der Waals surface area contributed by atoms with Gasteiger partial charge in [0.05, 0.1) is 0 Å². The van der Waals surface area contributed by atoms with Crippen LogP contribution in [0.15, 0.2) is 28.8 Å². The number of aromatic nitrogens is 2. The van der Waals surface area contributed by atoms with E-state index in [0.29, 0.717) is 24.9 Å². The van der Waals surface area contributed by atoms with Crippen molar-refractivity contribution in [2.45, 2.75) is 18.8 Å². The van der Waals surface area contributed by atoms with E-state index in [0.717, 1.165) is 11.3 Å². The fraction of sp³-hybridized carbons (Fsp3) is 0.385. The molecular weight excluding hydrogens is 230 g/mol. The van der Waals surface area contributed by atoms with Crippen LogP contribution in [0, 0.1) is 0 Å². The summed E-state index contributed by atoms with van der Waals surface area (Å²) >= 11 is 0. The van der Waals surface area contributed by atoms with E-state index in [1.165, 1.54) is 0 Å². The minimum atomic E-state index is 0.0347. The SMILES string of the molecule is CC(CN)c1noc(C2COc3ccccc32)n1. The number of hydrogen-bond donors (Lipinski definition) is 1. The van der Waals surface area contributed by atoms with E-state index in [-0.39, 0.29) is 11.8 Å². The van der Waals surface area contributed by atoms with Gasteiger partial charge in [-0.3, -0.25) is 0 Å². The van der Waals surface area contributed by atoms with Crippen LogP contribution in [0.4, 0.5) is 0 Å². The molecule has 0 bridgehead atoms. The van der Waals surface area contributed by atoms with Gasteiger partial charge in [0.2, 0.25) is 5.89 Å². The van der Waals surface area contributed by atoms with Gasteiger partial charge in [-0.25, -0.2) is 0 Å². The molecule has 2 atom stereocenters. The summed E-state index contributed by atoms with van der Waals surface area (Å²) < 4.78 is 10.9. The molecule has 1 aliphatic rings. The highest BCUT2D eigenvalue weighted by atomic mass is 16.5. The Kier molecular flexibility index (Phi) is 2.76. The summed E-state index contributed by atoms with van der Waals surface area (Å²) in [5.41, 5.74) is 6.70. The van der Waals surface area contributed by atoms with Gasteiger partial charge in [0.1, 0.15) is 18.3 Å². The van der Waals surface area contributed by atoms with E-state index < -0.39 is 0 Å². The van der Waals surface area contributed by atoms with Crippen LogP contribution in [0.25, 0.3) is 0 Å². The molecule has 0 saturated heterocycles. The first-order chi connectivity index (χ1) is 8.79. The number of hydrogen-bond acceptors (Lipinski definition) is 5. The van der Waals surface area contributed by atoms with Crippen molar-refractivity contribution in [2.75, 3.05) is 13.2 Å². The Labute approximate surface area is 105 Å². The lowest BCUT2D eigenvalue weighted by atomic mass is 10.0. The van der Waals surface area contributed by atoms with E-state index in [1.54, 1.807) is 0 Å². The van der Waals surface area contributed by atoms with Gasteiger partial charge >= 0.3 is 0 Å². The van der Waals surface area contributed by atoms with Gasteiger partial charge in [-0.1, -0.05) is 30.3 Å². The lowest BCUT2D eigenvalue weighted by molar-refractivity contribution is 0.304. The molecule has 0 saturated carbocycles. The summed E-state index contributed by atoms with van der Waals surface area (Å²) in [4.78, 5) is 4.42. The molecule has 1 aliphatic heterocycles. The average Bonchev–Trinajstić information content (AvgIpc) is 3.03. The largest absolute Gasteiger partial charge is 0.492 e. The van der Waals surface area contributed by atoms with Gasteiger partial charge in [0.15, 0.2) is 5.82 Å². The van der Waals surface area contributed by atoms with E-state index in [2.05, 4.69) is 10.1 Å². The van der Waals surface area contributed by atoms with Gasteiger partial charge in [-0.15, -0.1) is 0 Å². The van der Waals surface area contributed by atoms with Gasteiger partial charge in [-0.05, 0) is 6.07 Å². The Balaban J connectivity index is 1.91. The van der Waals surface area contributed by atoms with Crippen molar-refractivity contribution >= 4 is 0 Å². The Morgan fingerprint density at radius 2 is 2.28 bits per heavy atom. The highest BCUT2D eigenvalue weighted by Gasteiger charge is 2.30. The van der Waals surface area contributed by atoms with Crippen LogP contribution in [0.1, 0.15) is 36.0 Å². The molecule has 5 heteroatoms. The van der Waals surface area contributed by atoms with Crippen molar-refractivity contribution in [1.29, 1.82) is 0 Å². The first-order valence-corrected chi connectivity index (χ1v) is 6.05. The number of nitrogens with two attached hydrogens (primary N) is 1. The van der Waals surface area contributed by atoms with E-state index in [4.69, 9.17) is 15.0 Å². The third kappa shape index (κ3) is 1.76. The number of fused-ring (bicyclic) bond motifs is 1. The van der Waals surface area contributed by atoms with Crippen LogP contribution in [-0.4, -0.2) is 23.3 Å². The van der Waals surface area contributed by atoms with E-state index in [1.807, 2.05) is 31.2 Å². The quantitative estimate of drug-likeness (QED) is 0.890. The van der Waals surface area contributed by atoms with Crippen molar-refractivity contribution in [2.24, 2.45) is 5.73 Å². The molecule has 0 spiro atoms. The maximum Gasteiger partial charge on any atom is 0.237 e. The second kappa shape index (κ2) is 4.42. The maximum absolute atomic E-state index is 5.61. The molecule has 3 rings (SSSR count). The molecular formula is C13H15N3O2. The minimum Gasteiger partial charge on any atom is -0.492 e. The molecule has 0 radical (unpaired) electrons. The van der Waals surface area contributed by atoms with Crippen LogP contribution < -0.4 is 10.5 Å². The first-order valence-electron chi connectivity index (χ1n) is 6.05.